The van der Waals surface area contributed by atoms with Crippen molar-refractivity contribution < 1.29 is 0 Å². The van der Waals surface area contributed by atoms with Crippen molar-refractivity contribution in [2.45, 2.75) is 34.6 Å². The molecule has 1 aliphatic heterocycles. The second-order valence-electron chi connectivity index (χ2n) is 6.12. The van der Waals surface area contributed by atoms with Crippen LogP contribution in [0, 0.1) is 23.2 Å². The van der Waals surface area contributed by atoms with Crippen molar-refractivity contribution in [3.05, 3.63) is 0 Å². The van der Waals surface area contributed by atoms with Crippen molar-refractivity contribution >= 4 is 0 Å². The van der Waals surface area contributed by atoms with Gasteiger partial charge in [0.2, 0.25) is 0 Å². The number of hydrogen-bond acceptors (Lipinski definition) is 1. The lowest BCUT2D eigenvalue weighted by Crippen LogP contribution is -2.51. The van der Waals surface area contributed by atoms with Crippen LogP contribution in [0.1, 0.15) is 34.6 Å². The van der Waals surface area contributed by atoms with E-state index in [9.17, 15) is 0 Å². The van der Waals surface area contributed by atoms with Gasteiger partial charge in [-0.25, -0.2) is 0 Å². The highest BCUT2D eigenvalue weighted by Gasteiger charge is 2.39. The Morgan fingerprint density at radius 3 is 1.85 bits per heavy atom. The first kappa shape index (κ1) is 11.0. The SMILES string of the molecule is CC(C)C(C1CN(C)C1)C(C)(C)C. The van der Waals surface area contributed by atoms with Crippen molar-refractivity contribution in [1.29, 1.82) is 0 Å². The maximum absolute atomic E-state index is 2.42. The van der Waals surface area contributed by atoms with Crippen LogP contribution in [-0.4, -0.2) is 25.0 Å². The number of rotatable bonds is 2. The van der Waals surface area contributed by atoms with Crippen LogP contribution in [0.2, 0.25) is 0 Å². The summed E-state index contributed by atoms with van der Waals surface area (Å²) in [5.41, 5.74) is 0.472. The van der Waals surface area contributed by atoms with E-state index in [1.807, 2.05) is 0 Å². The maximum Gasteiger partial charge on any atom is 0.00219 e. The minimum atomic E-state index is 0.472. The van der Waals surface area contributed by atoms with E-state index < -0.39 is 0 Å². The molecule has 1 fully saturated rings. The molecule has 1 saturated heterocycles. The van der Waals surface area contributed by atoms with E-state index in [2.05, 4.69) is 46.6 Å². The van der Waals surface area contributed by atoms with E-state index in [1.54, 1.807) is 0 Å². The second kappa shape index (κ2) is 3.61. The highest BCUT2D eigenvalue weighted by molar-refractivity contribution is 4.90. The Balaban J connectivity index is 2.59. The minimum Gasteiger partial charge on any atom is -0.306 e. The molecule has 1 nitrogen and oxygen atoms in total. The van der Waals surface area contributed by atoms with Gasteiger partial charge in [0.1, 0.15) is 0 Å². The molecule has 1 unspecified atom stereocenters. The van der Waals surface area contributed by atoms with Crippen LogP contribution in [0.5, 0.6) is 0 Å². The predicted octanol–water partition coefficient (Wildman–Crippen LogP) is 2.87. The van der Waals surface area contributed by atoms with Gasteiger partial charge in [0.25, 0.3) is 0 Å². The van der Waals surface area contributed by atoms with Crippen molar-refractivity contribution in [1.82, 2.24) is 4.90 Å². The first-order valence-electron chi connectivity index (χ1n) is 5.51. The standard InChI is InChI=1S/C12H25N/c1-9(2)11(12(3,4)5)10-7-13(6)8-10/h9-11H,7-8H2,1-6H3. The maximum atomic E-state index is 2.42. The van der Waals surface area contributed by atoms with Gasteiger partial charge in [0.15, 0.2) is 0 Å². The van der Waals surface area contributed by atoms with E-state index in [0.29, 0.717) is 5.41 Å². The number of hydrogen-bond donors (Lipinski definition) is 0. The molecule has 0 N–H and O–H groups in total. The Bertz CT molecular complexity index is 160. The van der Waals surface area contributed by atoms with Crippen LogP contribution in [0.25, 0.3) is 0 Å². The number of nitrogens with zero attached hydrogens (tertiary/aromatic N) is 1. The summed E-state index contributed by atoms with van der Waals surface area (Å²) in [5, 5.41) is 0. The third-order valence-electron chi connectivity index (χ3n) is 3.32. The summed E-state index contributed by atoms with van der Waals surface area (Å²) in [6, 6.07) is 0. The predicted molar refractivity (Wildman–Crippen MR) is 58.8 cm³/mol. The zero-order valence-corrected chi connectivity index (χ0v) is 10.1. The zero-order chi connectivity index (χ0) is 10.2. The molecule has 0 aromatic carbocycles. The third-order valence-corrected chi connectivity index (χ3v) is 3.32. The number of likely N-dealkylation sites (tertiary alicyclic amines) is 1. The normalized spacial score (nSPS) is 23.3. The Labute approximate surface area is 83.5 Å². The Morgan fingerprint density at radius 2 is 1.62 bits per heavy atom. The van der Waals surface area contributed by atoms with Crippen molar-refractivity contribution in [2.24, 2.45) is 23.2 Å². The smallest absolute Gasteiger partial charge is 0.00219 e. The molecule has 0 bridgehead atoms. The van der Waals surface area contributed by atoms with Crippen LogP contribution >= 0.6 is 0 Å². The van der Waals surface area contributed by atoms with Gasteiger partial charge >= 0.3 is 0 Å². The fourth-order valence-electron chi connectivity index (χ4n) is 3.23. The molecule has 0 aromatic heterocycles. The van der Waals surface area contributed by atoms with Gasteiger partial charge in [-0.1, -0.05) is 34.6 Å². The molecule has 1 atom stereocenters. The molecule has 78 valence electrons. The van der Waals surface area contributed by atoms with Crippen LogP contribution in [0.3, 0.4) is 0 Å². The molecule has 1 rings (SSSR count). The molecule has 1 heterocycles. The van der Waals surface area contributed by atoms with Crippen molar-refractivity contribution in [2.75, 3.05) is 20.1 Å². The van der Waals surface area contributed by atoms with Crippen molar-refractivity contribution in [3.63, 3.8) is 0 Å². The summed E-state index contributed by atoms with van der Waals surface area (Å²) in [7, 11) is 2.22. The zero-order valence-electron chi connectivity index (χ0n) is 10.1. The van der Waals surface area contributed by atoms with E-state index in [4.69, 9.17) is 0 Å². The average Bonchev–Trinajstić information content (AvgIpc) is 1.79. The summed E-state index contributed by atoms with van der Waals surface area (Å²) < 4.78 is 0. The fraction of sp³-hybridized carbons (Fsp3) is 1.00. The van der Waals surface area contributed by atoms with Gasteiger partial charge in [-0.15, -0.1) is 0 Å². The van der Waals surface area contributed by atoms with Gasteiger partial charge < -0.3 is 4.90 Å². The fourth-order valence-corrected chi connectivity index (χ4v) is 3.23. The third kappa shape index (κ3) is 2.46. The second-order valence-corrected chi connectivity index (χ2v) is 6.12. The summed E-state index contributed by atoms with van der Waals surface area (Å²) in [4.78, 5) is 2.42. The molecule has 0 spiro atoms. The molecule has 0 saturated carbocycles. The van der Waals surface area contributed by atoms with Crippen LogP contribution < -0.4 is 0 Å². The lowest BCUT2D eigenvalue weighted by atomic mass is 9.65. The monoisotopic (exact) mass is 183 g/mol. The Hall–Kier alpha value is -0.0400. The molecule has 13 heavy (non-hydrogen) atoms. The first-order chi connectivity index (χ1) is 5.82. The van der Waals surface area contributed by atoms with Crippen molar-refractivity contribution in [3.8, 4) is 0 Å². The Kier molecular flexibility index (Phi) is 3.06. The summed E-state index contributed by atoms with van der Waals surface area (Å²) >= 11 is 0. The molecule has 0 aliphatic carbocycles. The van der Waals surface area contributed by atoms with E-state index in [1.165, 1.54) is 13.1 Å². The first-order valence-corrected chi connectivity index (χ1v) is 5.51. The van der Waals surface area contributed by atoms with E-state index in [0.717, 1.165) is 17.8 Å². The van der Waals surface area contributed by atoms with Crippen LogP contribution in [-0.2, 0) is 0 Å². The minimum absolute atomic E-state index is 0.472. The van der Waals surface area contributed by atoms with Crippen LogP contribution in [0.4, 0.5) is 0 Å². The van der Waals surface area contributed by atoms with Crippen LogP contribution in [0.15, 0.2) is 0 Å². The molecule has 1 heteroatoms. The highest BCUT2D eigenvalue weighted by Crippen LogP contribution is 2.41. The highest BCUT2D eigenvalue weighted by atomic mass is 15.2. The van der Waals surface area contributed by atoms with Gasteiger partial charge in [0.05, 0.1) is 0 Å². The molecular weight excluding hydrogens is 158 g/mol. The lowest BCUT2D eigenvalue weighted by molar-refractivity contribution is 0.00387. The average molecular weight is 183 g/mol. The topological polar surface area (TPSA) is 3.24 Å². The van der Waals surface area contributed by atoms with Gasteiger partial charge in [-0.05, 0) is 30.2 Å². The summed E-state index contributed by atoms with van der Waals surface area (Å²) in [6.07, 6.45) is 0. The van der Waals surface area contributed by atoms with E-state index in [-0.39, 0.29) is 0 Å². The van der Waals surface area contributed by atoms with Gasteiger partial charge in [-0.3, -0.25) is 0 Å². The quantitative estimate of drug-likeness (QED) is 0.636. The Morgan fingerprint density at radius 1 is 1.15 bits per heavy atom. The molecule has 1 aliphatic rings. The largest absolute Gasteiger partial charge is 0.306 e. The lowest BCUT2D eigenvalue weighted by Gasteiger charge is -2.48. The molecule has 0 amide bonds. The van der Waals surface area contributed by atoms with Gasteiger partial charge in [0, 0.05) is 13.1 Å². The molecular formula is C12H25N. The van der Waals surface area contributed by atoms with Gasteiger partial charge in [-0.2, -0.15) is 0 Å². The van der Waals surface area contributed by atoms with E-state index >= 15 is 0 Å². The summed E-state index contributed by atoms with van der Waals surface area (Å²) in [6.45, 7) is 14.5. The molecule has 0 radical (unpaired) electrons. The summed E-state index contributed by atoms with van der Waals surface area (Å²) in [5.74, 6) is 2.63. The molecule has 0 aromatic rings.